The van der Waals surface area contributed by atoms with Crippen LogP contribution in [0.5, 0.6) is 0 Å². The van der Waals surface area contributed by atoms with Crippen molar-refractivity contribution < 1.29 is 9.53 Å². The average molecular weight is 172 g/mol. The molecule has 0 rings (SSSR count). The molecule has 4 heteroatoms. The summed E-state index contributed by atoms with van der Waals surface area (Å²) in [6.07, 6.45) is 1.16. The number of methoxy groups -OCH3 is 1. The van der Waals surface area contributed by atoms with Gasteiger partial charge < -0.3 is 15.4 Å². The van der Waals surface area contributed by atoms with Crippen LogP contribution in [0, 0.1) is 0 Å². The molecular formula is C8H16N2O2. The lowest BCUT2D eigenvalue weighted by Gasteiger charge is -2.11. The topological polar surface area (TPSA) is 55.6 Å². The van der Waals surface area contributed by atoms with E-state index in [4.69, 9.17) is 10.5 Å². The second kappa shape index (κ2) is 4.77. The van der Waals surface area contributed by atoms with Crippen LogP contribution in [-0.4, -0.2) is 38.1 Å². The Morgan fingerprint density at radius 2 is 2.08 bits per heavy atom. The standard InChI is InChI=1S/C8H16N2O2/c1-6(12-4)7(9)5-8(11)10(2)3/h5-6H,9H2,1-4H3/b7-5-. The predicted octanol–water partition coefficient (Wildman–Crippen LogP) is -0.0479. The van der Waals surface area contributed by atoms with Gasteiger partial charge in [-0.1, -0.05) is 0 Å². The van der Waals surface area contributed by atoms with Crippen molar-refractivity contribution in [2.24, 2.45) is 5.73 Å². The molecule has 0 radical (unpaired) electrons. The number of carbonyl (C=O) groups is 1. The molecule has 0 aromatic carbocycles. The van der Waals surface area contributed by atoms with Gasteiger partial charge in [-0.3, -0.25) is 4.79 Å². The minimum atomic E-state index is -0.214. The van der Waals surface area contributed by atoms with E-state index in [9.17, 15) is 4.79 Å². The highest BCUT2D eigenvalue weighted by Gasteiger charge is 2.06. The fourth-order valence-corrected chi connectivity index (χ4v) is 0.525. The van der Waals surface area contributed by atoms with Crippen LogP contribution in [0.1, 0.15) is 6.92 Å². The van der Waals surface area contributed by atoms with E-state index in [0.29, 0.717) is 5.70 Å². The molecule has 0 aliphatic carbocycles. The first-order chi connectivity index (χ1) is 5.49. The van der Waals surface area contributed by atoms with Crippen LogP contribution in [-0.2, 0) is 9.53 Å². The molecule has 0 bridgehead atoms. The van der Waals surface area contributed by atoms with Crippen LogP contribution in [0.3, 0.4) is 0 Å². The molecule has 1 unspecified atom stereocenters. The van der Waals surface area contributed by atoms with Crippen LogP contribution < -0.4 is 5.73 Å². The second-order valence-corrected chi connectivity index (χ2v) is 2.75. The van der Waals surface area contributed by atoms with Gasteiger partial charge in [-0.2, -0.15) is 0 Å². The van der Waals surface area contributed by atoms with Crippen molar-refractivity contribution >= 4 is 5.91 Å². The Morgan fingerprint density at radius 1 is 1.58 bits per heavy atom. The predicted molar refractivity (Wildman–Crippen MR) is 47.4 cm³/mol. The zero-order valence-electron chi connectivity index (χ0n) is 8.00. The number of hydrogen-bond donors (Lipinski definition) is 1. The van der Waals surface area contributed by atoms with E-state index in [2.05, 4.69) is 0 Å². The first kappa shape index (κ1) is 11.0. The number of nitrogens with two attached hydrogens (primary N) is 1. The molecule has 1 atom stereocenters. The van der Waals surface area contributed by atoms with Gasteiger partial charge in [0.2, 0.25) is 5.91 Å². The monoisotopic (exact) mass is 172 g/mol. The molecule has 0 aliphatic rings. The highest BCUT2D eigenvalue weighted by atomic mass is 16.5. The van der Waals surface area contributed by atoms with Crippen LogP contribution >= 0.6 is 0 Å². The zero-order valence-corrected chi connectivity index (χ0v) is 8.00. The van der Waals surface area contributed by atoms with Gasteiger partial charge in [0.05, 0.1) is 6.10 Å². The van der Waals surface area contributed by atoms with Crippen LogP contribution in [0.25, 0.3) is 0 Å². The summed E-state index contributed by atoms with van der Waals surface area (Å²) >= 11 is 0. The van der Waals surface area contributed by atoms with Crippen molar-refractivity contribution in [2.75, 3.05) is 21.2 Å². The Kier molecular flexibility index (Phi) is 4.36. The van der Waals surface area contributed by atoms with Crippen molar-refractivity contribution in [3.05, 3.63) is 11.8 Å². The Balaban J connectivity index is 4.25. The van der Waals surface area contributed by atoms with Crippen LogP contribution in [0.2, 0.25) is 0 Å². The van der Waals surface area contributed by atoms with Gasteiger partial charge in [-0.25, -0.2) is 0 Å². The molecule has 0 fully saturated rings. The van der Waals surface area contributed by atoms with Gasteiger partial charge in [0, 0.05) is 33.0 Å². The highest BCUT2D eigenvalue weighted by Crippen LogP contribution is 1.98. The SMILES string of the molecule is COC(C)/C(N)=C/C(=O)N(C)C. The molecule has 0 saturated heterocycles. The van der Waals surface area contributed by atoms with E-state index in [1.807, 2.05) is 0 Å². The van der Waals surface area contributed by atoms with E-state index < -0.39 is 0 Å². The summed E-state index contributed by atoms with van der Waals surface area (Å²) in [4.78, 5) is 12.5. The van der Waals surface area contributed by atoms with E-state index >= 15 is 0 Å². The summed E-state index contributed by atoms with van der Waals surface area (Å²) in [7, 11) is 4.89. The molecule has 4 nitrogen and oxygen atoms in total. The van der Waals surface area contributed by atoms with Crippen LogP contribution in [0.15, 0.2) is 11.8 Å². The molecule has 12 heavy (non-hydrogen) atoms. The molecule has 2 N–H and O–H groups in total. The highest BCUT2D eigenvalue weighted by molar-refractivity contribution is 5.87. The first-order valence-corrected chi connectivity index (χ1v) is 3.70. The quantitative estimate of drug-likeness (QED) is 0.607. The van der Waals surface area contributed by atoms with Gasteiger partial charge in [-0.05, 0) is 6.92 Å². The maximum atomic E-state index is 11.1. The van der Waals surface area contributed by atoms with Crippen molar-refractivity contribution in [3.63, 3.8) is 0 Å². The summed E-state index contributed by atoms with van der Waals surface area (Å²) in [6.45, 7) is 1.79. The Bertz CT molecular complexity index is 187. The largest absolute Gasteiger partial charge is 0.400 e. The maximum Gasteiger partial charge on any atom is 0.247 e. The number of likely N-dealkylation sites (N-methyl/N-ethyl adjacent to an activating group) is 1. The van der Waals surface area contributed by atoms with Gasteiger partial charge >= 0.3 is 0 Å². The van der Waals surface area contributed by atoms with Crippen molar-refractivity contribution in [1.29, 1.82) is 0 Å². The molecule has 0 heterocycles. The number of carbonyl (C=O) groups excluding carboxylic acids is 1. The summed E-state index contributed by atoms with van der Waals surface area (Å²) in [5, 5.41) is 0. The van der Waals surface area contributed by atoms with Crippen molar-refractivity contribution in [3.8, 4) is 0 Å². The Morgan fingerprint density at radius 3 is 2.42 bits per heavy atom. The van der Waals surface area contributed by atoms with E-state index in [1.165, 1.54) is 11.0 Å². The summed E-state index contributed by atoms with van der Waals surface area (Å²) < 4.78 is 4.93. The third-order valence-electron chi connectivity index (χ3n) is 1.55. The fourth-order valence-electron chi connectivity index (χ4n) is 0.525. The number of hydrogen-bond acceptors (Lipinski definition) is 3. The molecule has 0 saturated carbocycles. The number of amides is 1. The molecular weight excluding hydrogens is 156 g/mol. The lowest BCUT2D eigenvalue weighted by molar-refractivity contribution is -0.123. The number of rotatable bonds is 3. The van der Waals surface area contributed by atoms with Gasteiger partial charge in [0.15, 0.2) is 0 Å². The van der Waals surface area contributed by atoms with E-state index in [-0.39, 0.29) is 12.0 Å². The fraction of sp³-hybridized carbons (Fsp3) is 0.625. The number of ether oxygens (including phenoxy) is 1. The second-order valence-electron chi connectivity index (χ2n) is 2.75. The molecule has 0 spiro atoms. The maximum absolute atomic E-state index is 11.1. The third-order valence-corrected chi connectivity index (χ3v) is 1.55. The molecule has 0 aromatic heterocycles. The van der Waals surface area contributed by atoms with Crippen molar-refractivity contribution in [1.82, 2.24) is 4.90 Å². The van der Waals surface area contributed by atoms with E-state index in [1.54, 1.807) is 28.1 Å². The molecule has 0 aliphatic heterocycles. The van der Waals surface area contributed by atoms with Gasteiger partial charge in [0.1, 0.15) is 0 Å². The van der Waals surface area contributed by atoms with E-state index in [0.717, 1.165) is 0 Å². The van der Waals surface area contributed by atoms with Gasteiger partial charge in [-0.15, -0.1) is 0 Å². The summed E-state index contributed by atoms with van der Waals surface area (Å²) in [6, 6.07) is 0. The Labute approximate surface area is 73.0 Å². The Hall–Kier alpha value is -1.03. The number of nitrogens with zero attached hydrogens (tertiary/aromatic N) is 1. The molecule has 0 aromatic rings. The van der Waals surface area contributed by atoms with Gasteiger partial charge in [0.25, 0.3) is 0 Å². The minimum Gasteiger partial charge on any atom is -0.400 e. The lowest BCUT2D eigenvalue weighted by atomic mass is 10.2. The summed E-state index contributed by atoms with van der Waals surface area (Å²) in [5.41, 5.74) is 6.00. The molecule has 1 amide bonds. The van der Waals surface area contributed by atoms with Crippen molar-refractivity contribution in [2.45, 2.75) is 13.0 Å². The first-order valence-electron chi connectivity index (χ1n) is 3.70. The smallest absolute Gasteiger partial charge is 0.247 e. The lowest BCUT2D eigenvalue weighted by Crippen LogP contribution is -2.24. The normalized spacial score (nSPS) is 14.2. The summed E-state index contributed by atoms with van der Waals surface area (Å²) in [5.74, 6) is -0.128. The van der Waals surface area contributed by atoms with Crippen LogP contribution in [0.4, 0.5) is 0 Å². The minimum absolute atomic E-state index is 0.128. The molecule has 70 valence electrons. The average Bonchev–Trinajstić information content (AvgIpc) is 2.02. The zero-order chi connectivity index (χ0) is 9.72. The third kappa shape index (κ3) is 3.39.